The fourth-order valence-electron chi connectivity index (χ4n) is 5.22. The number of carbonyl (C=O) groups is 5. The van der Waals surface area contributed by atoms with E-state index < -0.39 is 5.54 Å². The molecule has 0 saturated carbocycles. The fourth-order valence-corrected chi connectivity index (χ4v) is 5.22. The number of Topliss-reactive ketones (excluding diaryl/α,β-unsaturated/α-hetero) is 2. The molecule has 1 fully saturated rings. The third-order valence-electron chi connectivity index (χ3n) is 7.96. The second-order valence-corrected chi connectivity index (χ2v) is 11.6. The molecule has 2 heterocycles. The first-order valence-corrected chi connectivity index (χ1v) is 15.9. The molecule has 13 nitrogen and oxygen atoms in total. The predicted molar refractivity (Wildman–Crippen MR) is 163 cm³/mol. The molecule has 1 saturated heterocycles. The Morgan fingerprint density at radius 1 is 0.756 bits per heavy atom. The Labute approximate surface area is 266 Å². The summed E-state index contributed by atoms with van der Waals surface area (Å²) >= 11 is 0. The highest BCUT2D eigenvalue weighted by atomic mass is 16.6. The lowest BCUT2D eigenvalue weighted by Crippen LogP contribution is -2.51. The molecule has 0 unspecified atom stereocenters. The van der Waals surface area contributed by atoms with E-state index in [-0.39, 0.29) is 73.7 Å². The van der Waals surface area contributed by atoms with Crippen molar-refractivity contribution in [3.63, 3.8) is 0 Å². The van der Waals surface area contributed by atoms with Gasteiger partial charge in [-0.25, -0.2) is 0 Å². The van der Waals surface area contributed by atoms with Crippen LogP contribution in [0.25, 0.3) is 0 Å². The van der Waals surface area contributed by atoms with Gasteiger partial charge in [-0.2, -0.15) is 0 Å². The minimum absolute atomic E-state index is 0.0107. The lowest BCUT2D eigenvalue weighted by Gasteiger charge is -2.35. The molecule has 2 atom stereocenters. The first-order chi connectivity index (χ1) is 21.6. The van der Waals surface area contributed by atoms with Crippen molar-refractivity contribution in [3.8, 4) is 0 Å². The number of carbonyl (C=O) groups excluding carboxylic acids is 5. The molecule has 0 bridgehead atoms. The monoisotopic (exact) mass is 640 g/mol. The molecule has 0 N–H and O–H groups in total. The quantitative estimate of drug-likeness (QED) is 0.100. The number of hydrogen-bond donors (Lipinski definition) is 0. The van der Waals surface area contributed by atoms with Crippen LogP contribution >= 0.6 is 0 Å². The van der Waals surface area contributed by atoms with E-state index >= 15 is 0 Å². The minimum atomic E-state index is -0.863. The molecule has 0 spiro atoms. The second-order valence-electron chi connectivity index (χ2n) is 11.6. The summed E-state index contributed by atoms with van der Waals surface area (Å²) < 4.78 is 32.7. The molecule has 0 aromatic rings. The van der Waals surface area contributed by atoms with Crippen LogP contribution < -0.4 is 0 Å². The van der Waals surface area contributed by atoms with Crippen molar-refractivity contribution in [2.45, 2.75) is 58.9 Å². The van der Waals surface area contributed by atoms with Gasteiger partial charge in [0.15, 0.2) is 5.78 Å². The Balaban J connectivity index is 1.37. The topological polar surface area (TPSA) is 147 Å². The molecule has 3 amide bonds. The van der Waals surface area contributed by atoms with E-state index in [0.29, 0.717) is 79.0 Å². The largest absolute Gasteiger partial charge is 0.379 e. The first kappa shape index (κ1) is 38.6. The van der Waals surface area contributed by atoms with Gasteiger partial charge in [0.05, 0.1) is 97.8 Å². The Bertz CT molecular complexity index is 968. The molecule has 0 aliphatic carbocycles. The Hall–Kier alpha value is -2.55. The third kappa shape index (κ3) is 13.8. The van der Waals surface area contributed by atoms with Crippen LogP contribution in [-0.4, -0.2) is 137 Å². The van der Waals surface area contributed by atoms with E-state index in [4.69, 9.17) is 28.4 Å². The number of ether oxygens (including phenoxy) is 6. The number of hydrogen-bond acceptors (Lipinski definition) is 11. The van der Waals surface area contributed by atoms with Gasteiger partial charge in [0, 0.05) is 31.0 Å². The number of nitrogens with zero attached hydrogens (tertiary/aromatic N) is 2. The van der Waals surface area contributed by atoms with Gasteiger partial charge in [-0.15, -0.1) is 0 Å². The summed E-state index contributed by atoms with van der Waals surface area (Å²) in [6, 6.07) is 0. The van der Waals surface area contributed by atoms with Gasteiger partial charge in [-0.05, 0) is 32.6 Å². The van der Waals surface area contributed by atoms with Crippen molar-refractivity contribution in [2.24, 2.45) is 11.8 Å². The van der Waals surface area contributed by atoms with Crippen LogP contribution in [0.1, 0.15) is 53.4 Å². The number of amides is 3. The van der Waals surface area contributed by atoms with Crippen molar-refractivity contribution in [2.75, 3.05) is 92.4 Å². The SMILES string of the molecule is CC(=O)[C@@H](CC(=O)[C@]1(C)CCCN1C(=O)CCOCCOCCOCCOCCOCCOCCN1C(=O)C=CC1=O)C(C)C. The molecule has 0 aromatic heterocycles. The average Bonchev–Trinajstić information content (AvgIpc) is 3.55. The zero-order valence-corrected chi connectivity index (χ0v) is 27.4. The molecule has 256 valence electrons. The average molecular weight is 641 g/mol. The Kier molecular flexibility index (Phi) is 18.3. The molecule has 13 heteroatoms. The highest BCUT2D eigenvalue weighted by Gasteiger charge is 2.45. The standard InChI is InChI=1S/C32H52N2O11/c1-25(2)27(26(3)35)24-28(36)32(4)9-5-10-34(32)31(39)8-12-40-14-16-42-18-20-44-22-23-45-21-19-43-17-15-41-13-11-33-29(37)6-7-30(33)38/h6-7,25,27H,5,8-24H2,1-4H3/t27-,32-/m0/s1. The molecule has 0 radical (unpaired) electrons. The summed E-state index contributed by atoms with van der Waals surface area (Å²) in [5.41, 5.74) is -0.863. The Morgan fingerprint density at radius 3 is 1.64 bits per heavy atom. The van der Waals surface area contributed by atoms with Gasteiger partial charge >= 0.3 is 0 Å². The van der Waals surface area contributed by atoms with Gasteiger partial charge in [-0.1, -0.05) is 13.8 Å². The van der Waals surface area contributed by atoms with Crippen LogP contribution in [0.5, 0.6) is 0 Å². The van der Waals surface area contributed by atoms with Gasteiger partial charge in [-0.3, -0.25) is 28.9 Å². The maximum atomic E-state index is 13.2. The molecular formula is C32H52N2O11. The van der Waals surface area contributed by atoms with E-state index in [0.717, 1.165) is 11.3 Å². The molecule has 2 rings (SSSR count). The molecule has 2 aliphatic heterocycles. The van der Waals surface area contributed by atoms with Crippen LogP contribution in [-0.2, 0) is 52.4 Å². The van der Waals surface area contributed by atoms with Gasteiger partial charge in [0.1, 0.15) is 5.78 Å². The van der Waals surface area contributed by atoms with Crippen molar-refractivity contribution in [1.82, 2.24) is 9.80 Å². The third-order valence-corrected chi connectivity index (χ3v) is 7.96. The van der Waals surface area contributed by atoms with Crippen molar-refractivity contribution >= 4 is 29.3 Å². The van der Waals surface area contributed by atoms with Crippen LogP contribution in [0.2, 0.25) is 0 Å². The number of rotatable bonds is 26. The van der Waals surface area contributed by atoms with Gasteiger partial charge < -0.3 is 33.3 Å². The zero-order chi connectivity index (χ0) is 33.1. The smallest absolute Gasteiger partial charge is 0.253 e. The van der Waals surface area contributed by atoms with Gasteiger partial charge in [0.25, 0.3) is 11.8 Å². The molecule has 45 heavy (non-hydrogen) atoms. The van der Waals surface area contributed by atoms with Crippen LogP contribution in [0.15, 0.2) is 12.2 Å². The second kappa shape index (κ2) is 21.3. The molecular weight excluding hydrogens is 588 g/mol. The lowest BCUT2D eigenvalue weighted by atomic mass is 9.81. The van der Waals surface area contributed by atoms with Crippen molar-refractivity contribution in [3.05, 3.63) is 12.2 Å². The van der Waals surface area contributed by atoms with E-state index in [1.165, 1.54) is 19.1 Å². The number of imide groups is 1. The number of ketones is 2. The Morgan fingerprint density at radius 2 is 1.20 bits per heavy atom. The van der Waals surface area contributed by atoms with Crippen molar-refractivity contribution < 1.29 is 52.4 Å². The zero-order valence-electron chi connectivity index (χ0n) is 27.4. The predicted octanol–water partition coefficient (Wildman–Crippen LogP) is 1.60. The summed E-state index contributed by atoms with van der Waals surface area (Å²) in [5.74, 6) is -1.02. The van der Waals surface area contributed by atoms with E-state index in [1.54, 1.807) is 4.90 Å². The number of likely N-dealkylation sites (tertiary alicyclic amines) is 1. The molecule has 2 aliphatic rings. The minimum Gasteiger partial charge on any atom is -0.379 e. The van der Waals surface area contributed by atoms with Crippen LogP contribution in [0.4, 0.5) is 0 Å². The van der Waals surface area contributed by atoms with Crippen LogP contribution in [0, 0.1) is 11.8 Å². The summed E-state index contributed by atoms with van der Waals surface area (Å²) in [6.07, 6.45) is 4.23. The van der Waals surface area contributed by atoms with Crippen LogP contribution in [0.3, 0.4) is 0 Å². The van der Waals surface area contributed by atoms with E-state index in [1.807, 2.05) is 20.8 Å². The fraction of sp³-hybridized carbons (Fsp3) is 0.781. The first-order valence-electron chi connectivity index (χ1n) is 15.9. The van der Waals surface area contributed by atoms with Crippen molar-refractivity contribution in [1.29, 1.82) is 0 Å². The maximum absolute atomic E-state index is 13.2. The molecule has 0 aromatic carbocycles. The normalized spacial score (nSPS) is 18.9. The highest BCUT2D eigenvalue weighted by Crippen LogP contribution is 2.33. The summed E-state index contributed by atoms with van der Waals surface area (Å²) in [4.78, 5) is 63.7. The maximum Gasteiger partial charge on any atom is 0.253 e. The summed E-state index contributed by atoms with van der Waals surface area (Å²) in [5, 5.41) is 0. The lowest BCUT2D eigenvalue weighted by molar-refractivity contribution is -0.145. The van der Waals surface area contributed by atoms with Gasteiger partial charge in [0.2, 0.25) is 5.91 Å². The van der Waals surface area contributed by atoms with E-state index in [9.17, 15) is 24.0 Å². The summed E-state index contributed by atoms with van der Waals surface area (Å²) in [6.45, 7) is 12.5. The summed E-state index contributed by atoms with van der Waals surface area (Å²) in [7, 11) is 0. The highest BCUT2D eigenvalue weighted by molar-refractivity contribution is 6.12. The van der Waals surface area contributed by atoms with E-state index in [2.05, 4.69) is 0 Å².